The van der Waals surface area contributed by atoms with Crippen LogP contribution in [-0.2, 0) is 0 Å². The highest BCUT2D eigenvalue weighted by atomic mass is 14.8. The third-order valence-corrected chi connectivity index (χ3v) is 2.87. The van der Waals surface area contributed by atoms with Crippen molar-refractivity contribution in [3.8, 4) is 0 Å². The van der Waals surface area contributed by atoms with Crippen molar-refractivity contribution in [3.05, 3.63) is 11.8 Å². The molecule has 14 heavy (non-hydrogen) atoms. The van der Waals surface area contributed by atoms with Gasteiger partial charge in [-0.15, -0.1) is 0 Å². The monoisotopic (exact) mass is 194 g/mol. The maximum absolute atomic E-state index is 5.54. The molecule has 2 nitrogen and oxygen atoms in total. The number of rotatable bonds is 3. The van der Waals surface area contributed by atoms with Crippen molar-refractivity contribution in [2.45, 2.75) is 52.0 Å². The van der Waals surface area contributed by atoms with Crippen LogP contribution < -0.4 is 5.73 Å². The number of nitrogens with zero attached hydrogens (tertiary/aromatic N) is 1. The molecule has 1 rings (SSSR count). The molecule has 0 amide bonds. The van der Waals surface area contributed by atoms with Gasteiger partial charge in [0, 0.05) is 12.3 Å². The molecule has 0 bridgehead atoms. The van der Waals surface area contributed by atoms with Gasteiger partial charge < -0.3 is 5.73 Å². The van der Waals surface area contributed by atoms with Crippen molar-refractivity contribution in [1.29, 1.82) is 0 Å². The van der Waals surface area contributed by atoms with Crippen LogP contribution in [0.2, 0.25) is 0 Å². The Hall–Kier alpha value is -0.790. The molecule has 1 aliphatic carbocycles. The number of nitrogens with two attached hydrogens (primary N) is 1. The molecule has 0 aromatic carbocycles. The average molecular weight is 194 g/mol. The van der Waals surface area contributed by atoms with E-state index in [0.29, 0.717) is 12.0 Å². The second kappa shape index (κ2) is 5.84. The zero-order valence-corrected chi connectivity index (χ0v) is 9.37. The van der Waals surface area contributed by atoms with Crippen LogP contribution in [0, 0.1) is 5.92 Å². The summed E-state index contributed by atoms with van der Waals surface area (Å²) in [5.74, 6) is 0.479. The van der Waals surface area contributed by atoms with Gasteiger partial charge in [0.1, 0.15) is 0 Å². The molecule has 0 unspecified atom stereocenters. The van der Waals surface area contributed by atoms with E-state index in [2.05, 4.69) is 18.8 Å². The average Bonchev–Trinajstić information content (AvgIpc) is 2.20. The number of aliphatic imine (C=N–C) groups is 1. The van der Waals surface area contributed by atoms with E-state index in [1.807, 2.05) is 6.21 Å². The molecule has 0 aliphatic heterocycles. The van der Waals surface area contributed by atoms with E-state index < -0.39 is 0 Å². The molecule has 2 heteroatoms. The van der Waals surface area contributed by atoms with E-state index in [9.17, 15) is 0 Å². The van der Waals surface area contributed by atoms with E-state index >= 15 is 0 Å². The lowest BCUT2D eigenvalue weighted by Crippen LogP contribution is -2.10. The summed E-state index contributed by atoms with van der Waals surface area (Å²) in [6.45, 7) is 4.29. The first-order valence-electron chi connectivity index (χ1n) is 5.69. The van der Waals surface area contributed by atoms with E-state index in [4.69, 9.17) is 5.73 Å². The van der Waals surface area contributed by atoms with Gasteiger partial charge in [0.05, 0.1) is 0 Å². The highest BCUT2D eigenvalue weighted by Gasteiger charge is 2.11. The SMILES string of the molecule is CC(C)C(C=NC1CCCCC1)=CN. The number of allylic oxidation sites excluding steroid dienone is 1. The van der Waals surface area contributed by atoms with Crippen LogP contribution in [0.15, 0.2) is 16.8 Å². The second-order valence-corrected chi connectivity index (χ2v) is 4.39. The molecule has 2 N–H and O–H groups in total. The van der Waals surface area contributed by atoms with Gasteiger partial charge in [-0.1, -0.05) is 33.1 Å². The van der Waals surface area contributed by atoms with Gasteiger partial charge in [-0.05, 0) is 30.5 Å². The Morgan fingerprint density at radius 1 is 1.29 bits per heavy atom. The summed E-state index contributed by atoms with van der Waals surface area (Å²) in [6.07, 6.45) is 10.2. The van der Waals surface area contributed by atoms with Crippen LogP contribution in [0.1, 0.15) is 46.0 Å². The third kappa shape index (κ3) is 3.52. The minimum atomic E-state index is 0.479. The molecule has 0 radical (unpaired) electrons. The van der Waals surface area contributed by atoms with Crippen LogP contribution in [-0.4, -0.2) is 12.3 Å². The zero-order valence-electron chi connectivity index (χ0n) is 9.37. The van der Waals surface area contributed by atoms with Gasteiger partial charge in [0.25, 0.3) is 0 Å². The summed E-state index contributed by atoms with van der Waals surface area (Å²) in [6, 6.07) is 0.553. The van der Waals surface area contributed by atoms with Crippen LogP contribution in [0.5, 0.6) is 0 Å². The Labute approximate surface area is 87.3 Å². The first-order chi connectivity index (χ1) is 6.74. The summed E-state index contributed by atoms with van der Waals surface area (Å²) < 4.78 is 0. The van der Waals surface area contributed by atoms with Gasteiger partial charge in [-0.3, -0.25) is 4.99 Å². The Balaban J connectivity index is 2.44. The molecule has 0 aromatic heterocycles. The molecule has 1 saturated carbocycles. The fourth-order valence-corrected chi connectivity index (χ4v) is 1.81. The van der Waals surface area contributed by atoms with Crippen LogP contribution in [0.3, 0.4) is 0 Å². The van der Waals surface area contributed by atoms with Crippen molar-refractivity contribution in [1.82, 2.24) is 0 Å². The van der Waals surface area contributed by atoms with Crippen molar-refractivity contribution in [3.63, 3.8) is 0 Å². The molecule has 0 heterocycles. The molecule has 80 valence electrons. The molecule has 0 atom stereocenters. The van der Waals surface area contributed by atoms with E-state index in [1.165, 1.54) is 32.1 Å². The highest BCUT2D eigenvalue weighted by molar-refractivity contribution is 5.78. The molecule has 1 fully saturated rings. The number of hydrogen-bond acceptors (Lipinski definition) is 2. The Morgan fingerprint density at radius 2 is 1.93 bits per heavy atom. The van der Waals surface area contributed by atoms with Gasteiger partial charge in [-0.25, -0.2) is 0 Å². The summed E-state index contributed by atoms with van der Waals surface area (Å²) in [5.41, 5.74) is 6.68. The van der Waals surface area contributed by atoms with Crippen molar-refractivity contribution in [2.75, 3.05) is 0 Å². The lowest BCUT2D eigenvalue weighted by molar-refractivity contribution is 0.444. The van der Waals surface area contributed by atoms with Gasteiger partial charge >= 0.3 is 0 Å². The summed E-state index contributed by atoms with van der Waals surface area (Å²) in [5, 5.41) is 0. The Kier molecular flexibility index (Phi) is 4.71. The second-order valence-electron chi connectivity index (χ2n) is 4.39. The van der Waals surface area contributed by atoms with Gasteiger partial charge in [-0.2, -0.15) is 0 Å². The number of hydrogen-bond donors (Lipinski definition) is 1. The molecule has 0 aromatic rings. The smallest absolute Gasteiger partial charge is 0.0499 e. The van der Waals surface area contributed by atoms with Gasteiger partial charge in [0.2, 0.25) is 0 Å². The predicted octanol–water partition coefficient (Wildman–Crippen LogP) is 2.89. The Morgan fingerprint density at radius 3 is 2.43 bits per heavy atom. The van der Waals surface area contributed by atoms with Crippen LogP contribution >= 0.6 is 0 Å². The third-order valence-electron chi connectivity index (χ3n) is 2.87. The summed E-state index contributed by atoms with van der Waals surface area (Å²) >= 11 is 0. The maximum atomic E-state index is 5.54. The predicted molar refractivity (Wildman–Crippen MR) is 62.5 cm³/mol. The fourth-order valence-electron chi connectivity index (χ4n) is 1.81. The molecule has 0 saturated heterocycles. The van der Waals surface area contributed by atoms with E-state index in [1.54, 1.807) is 6.20 Å². The highest BCUT2D eigenvalue weighted by Crippen LogP contribution is 2.20. The maximum Gasteiger partial charge on any atom is 0.0499 e. The molecular formula is C12H22N2. The standard InChI is InChI=1S/C12H22N2/c1-10(2)11(8-13)9-14-12-6-4-3-5-7-12/h8-10,12H,3-7,13H2,1-2H3. The largest absolute Gasteiger partial charge is 0.404 e. The van der Waals surface area contributed by atoms with E-state index in [-0.39, 0.29) is 0 Å². The van der Waals surface area contributed by atoms with Crippen LogP contribution in [0.4, 0.5) is 0 Å². The first-order valence-corrected chi connectivity index (χ1v) is 5.69. The van der Waals surface area contributed by atoms with Crippen molar-refractivity contribution in [2.24, 2.45) is 16.6 Å². The van der Waals surface area contributed by atoms with Crippen molar-refractivity contribution >= 4 is 6.21 Å². The molecular weight excluding hydrogens is 172 g/mol. The molecule has 1 aliphatic rings. The first kappa shape index (κ1) is 11.3. The fraction of sp³-hybridized carbons (Fsp3) is 0.750. The normalized spacial score (nSPS) is 20.9. The van der Waals surface area contributed by atoms with Crippen LogP contribution in [0.25, 0.3) is 0 Å². The Bertz CT molecular complexity index is 210. The molecule has 0 spiro atoms. The topological polar surface area (TPSA) is 38.4 Å². The lowest BCUT2D eigenvalue weighted by atomic mass is 9.96. The lowest BCUT2D eigenvalue weighted by Gasteiger charge is -2.17. The van der Waals surface area contributed by atoms with Crippen molar-refractivity contribution < 1.29 is 0 Å². The summed E-state index contributed by atoms with van der Waals surface area (Å²) in [7, 11) is 0. The minimum absolute atomic E-state index is 0.479. The summed E-state index contributed by atoms with van der Waals surface area (Å²) in [4.78, 5) is 4.60. The van der Waals surface area contributed by atoms with E-state index in [0.717, 1.165) is 5.57 Å². The zero-order chi connectivity index (χ0) is 10.4. The minimum Gasteiger partial charge on any atom is -0.404 e. The quantitative estimate of drug-likeness (QED) is 0.689. The van der Waals surface area contributed by atoms with Gasteiger partial charge in [0.15, 0.2) is 0 Å².